The average molecular weight is 1020 g/mol. The zero-order valence-electron chi connectivity index (χ0n) is 39.2. The van der Waals surface area contributed by atoms with Crippen molar-refractivity contribution in [3.05, 3.63) is 58.2 Å². The van der Waals surface area contributed by atoms with Gasteiger partial charge in [-0.15, -0.1) is 11.3 Å². The largest absolute Gasteiger partial charge is 0.464 e. The van der Waals surface area contributed by atoms with Gasteiger partial charge in [-0.3, -0.25) is 24.4 Å². The van der Waals surface area contributed by atoms with Crippen LogP contribution in [0.15, 0.2) is 41.9 Å². The first-order valence-corrected chi connectivity index (χ1v) is 21.5. The molecule has 1 aromatic carbocycles. The fraction of sp³-hybridized carbons (Fsp3) is 0.545. The molecule has 6 bridgehead atoms. The predicted octanol–water partition coefficient (Wildman–Crippen LogP) is 6.55. The van der Waals surface area contributed by atoms with E-state index in [4.69, 9.17) is 24.2 Å². The van der Waals surface area contributed by atoms with E-state index in [1.807, 2.05) is 38.3 Å². The summed E-state index contributed by atoms with van der Waals surface area (Å²) in [5, 5.41) is 7.78. The third-order valence-corrected chi connectivity index (χ3v) is 12.4. The van der Waals surface area contributed by atoms with Gasteiger partial charge < -0.3 is 33.9 Å². The average Bonchev–Trinajstić information content (AvgIpc) is 3.84. The Kier molecular flexibility index (Phi) is 23.3. The quantitative estimate of drug-likeness (QED) is 0.176. The number of esters is 1. The normalized spacial score (nSPS) is 19.1. The molecule has 0 unspecified atom stereocenters. The molecule has 65 heavy (non-hydrogen) atoms. The molecule has 364 valence electrons. The van der Waals surface area contributed by atoms with Crippen LogP contribution in [0.25, 0.3) is 33.4 Å². The van der Waals surface area contributed by atoms with Crippen molar-refractivity contribution in [3.63, 3.8) is 0 Å². The number of cyclic esters (lactones) is 1. The molecule has 1 fully saturated rings. The van der Waals surface area contributed by atoms with Crippen LogP contribution in [-0.2, 0) is 41.6 Å². The molecule has 0 saturated carbocycles. The fourth-order valence-corrected chi connectivity index (χ4v) is 9.37. The van der Waals surface area contributed by atoms with Crippen LogP contribution in [-0.4, -0.2) is 120 Å². The maximum absolute atomic E-state index is 14.7. The van der Waals surface area contributed by atoms with E-state index in [0.29, 0.717) is 36.5 Å². The molecule has 2 N–H and O–H groups in total. The van der Waals surface area contributed by atoms with Gasteiger partial charge in [0.25, 0.3) is 5.91 Å². The van der Waals surface area contributed by atoms with Crippen LogP contribution in [0.4, 0.5) is 4.79 Å². The second-order valence-corrected chi connectivity index (χ2v) is 18.0. The topological polar surface area (TPSA) is 160 Å². The molecule has 15 nitrogen and oxygen atoms in total. The number of fused-ring (bicyclic) bond motifs is 6. The molecule has 6 rings (SSSR count). The number of hydrogen-bond acceptors (Lipinski definition) is 11. The molecular formula is C44H70N8O7S6. The van der Waals surface area contributed by atoms with E-state index in [1.54, 1.807) is 34.4 Å². The number of hydrazine groups is 1. The number of aryl methyl sites for hydroxylation is 1. The van der Waals surface area contributed by atoms with E-state index in [2.05, 4.69) is 54.3 Å². The van der Waals surface area contributed by atoms with Gasteiger partial charge in [-0.1, -0.05) is 33.8 Å². The van der Waals surface area contributed by atoms with Crippen LogP contribution >= 0.6 is 78.8 Å². The summed E-state index contributed by atoms with van der Waals surface area (Å²) in [5.41, 5.74) is 9.10. The van der Waals surface area contributed by atoms with Crippen LogP contribution in [0, 0.1) is 11.3 Å². The van der Waals surface area contributed by atoms with Crippen LogP contribution < -0.4 is 10.7 Å². The number of likely N-dealkylation sites (N-methyl/N-ethyl adjacent to an activating group) is 1. The number of rotatable bonds is 9. The molecule has 4 aromatic rings. The minimum absolute atomic E-state index is 0. The molecule has 2 aliphatic heterocycles. The summed E-state index contributed by atoms with van der Waals surface area (Å²) in [4.78, 5) is 68.5. The number of amides is 4. The van der Waals surface area contributed by atoms with Crippen molar-refractivity contribution in [1.29, 1.82) is 0 Å². The van der Waals surface area contributed by atoms with Gasteiger partial charge in [0.05, 0.1) is 29.8 Å². The molecule has 5 atom stereocenters. The van der Waals surface area contributed by atoms with Crippen molar-refractivity contribution in [2.75, 3.05) is 48.5 Å². The number of carbonyl (C=O) groups is 4. The van der Waals surface area contributed by atoms with Gasteiger partial charge in [-0.25, -0.2) is 15.2 Å². The van der Waals surface area contributed by atoms with Crippen molar-refractivity contribution in [2.24, 2.45) is 11.3 Å². The van der Waals surface area contributed by atoms with E-state index >= 15 is 0 Å². The van der Waals surface area contributed by atoms with Crippen LogP contribution in [0.5, 0.6) is 0 Å². The lowest BCUT2D eigenvalue weighted by molar-refractivity contribution is -0.156. The summed E-state index contributed by atoms with van der Waals surface area (Å²) < 4.78 is 20.3. The third-order valence-electron chi connectivity index (χ3n) is 11.5. The number of carbonyl (C=O) groups excluding carboxylic acids is 4. The summed E-state index contributed by atoms with van der Waals surface area (Å²) in [6.07, 6.45) is 2.05. The molecule has 0 radical (unpaired) electrons. The van der Waals surface area contributed by atoms with Crippen LogP contribution in [0.2, 0.25) is 0 Å². The van der Waals surface area contributed by atoms with E-state index in [1.165, 1.54) is 33.3 Å². The number of urea groups is 1. The summed E-state index contributed by atoms with van der Waals surface area (Å²) in [7, 11) is 7.96. The number of pyridine rings is 1. The van der Waals surface area contributed by atoms with Gasteiger partial charge >= 0.3 is 12.0 Å². The lowest BCUT2D eigenvalue weighted by Crippen LogP contribution is -2.63. The van der Waals surface area contributed by atoms with Gasteiger partial charge in [-0.2, -0.15) is 67.5 Å². The number of hydrogen-bond donors (Lipinski definition) is 2. The molecule has 21 heteroatoms. The van der Waals surface area contributed by atoms with Crippen molar-refractivity contribution in [2.45, 2.75) is 97.7 Å². The maximum Gasteiger partial charge on any atom is 0.324 e. The van der Waals surface area contributed by atoms with Crippen LogP contribution in [0.3, 0.4) is 0 Å². The smallest absolute Gasteiger partial charge is 0.324 e. The Bertz CT molecular complexity index is 2240. The molecule has 0 spiro atoms. The summed E-state index contributed by atoms with van der Waals surface area (Å²) in [6.45, 7) is 13.1. The van der Waals surface area contributed by atoms with Gasteiger partial charge in [0.15, 0.2) is 0 Å². The van der Waals surface area contributed by atoms with Gasteiger partial charge in [0.1, 0.15) is 29.2 Å². The molecule has 5 heterocycles. The lowest BCUT2D eigenvalue weighted by Gasteiger charge is -2.38. The predicted molar refractivity (Wildman–Crippen MR) is 283 cm³/mol. The minimum atomic E-state index is -1.27. The first-order chi connectivity index (χ1) is 28.5. The standard InChI is InChI=1S/C44H60N8O7S.5H2S/c1-12-51-33-18-17-27-21-29(33)30(37(51)28-15-13-19-45-34(28)26(4)57-10)22-44(5,6)24-59-42(55)31-16-14-20-52(48-31)41(54)35(38(58-11)40-46-32(27)23-60-40)47-39(53)36(25(2)3)50(9)43(56)49(7)8;;;;;/h13,15,17-19,21,23,25-26,31,35-36,38,48H,12,14,16,20,22,24H2,1-11H3,(H,47,53);5*1H2/t26-,31-,35-,36-,38-;;;;;/m0...../s1. The monoisotopic (exact) mass is 1010 g/mol. The first kappa shape index (κ1) is 59.9. The zero-order valence-corrected chi connectivity index (χ0v) is 45.0. The van der Waals surface area contributed by atoms with E-state index in [-0.39, 0.29) is 98.7 Å². The van der Waals surface area contributed by atoms with E-state index in [0.717, 1.165) is 39.0 Å². The van der Waals surface area contributed by atoms with Crippen molar-refractivity contribution >= 4 is 114 Å². The van der Waals surface area contributed by atoms with E-state index < -0.39 is 47.4 Å². The molecule has 3 aromatic heterocycles. The highest BCUT2D eigenvalue weighted by Crippen LogP contribution is 2.42. The summed E-state index contributed by atoms with van der Waals surface area (Å²) >= 11 is 1.33. The third kappa shape index (κ3) is 12.7. The highest BCUT2D eigenvalue weighted by atomic mass is 32.1. The Labute approximate surface area is 422 Å². The van der Waals surface area contributed by atoms with Crippen molar-refractivity contribution < 1.29 is 33.4 Å². The van der Waals surface area contributed by atoms with Crippen molar-refractivity contribution in [1.82, 2.24) is 40.1 Å². The first-order valence-electron chi connectivity index (χ1n) is 20.6. The Balaban J connectivity index is 0.00000422. The fourth-order valence-electron chi connectivity index (χ4n) is 8.43. The maximum atomic E-state index is 14.7. The Morgan fingerprint density at radius 2 is 1.75 bits per heavy atom. The Morgan fingerprint density at radius 3 is 2.37 bits per heavy atom. The minimum Gasteiger partial charge on any atom is -0.464 e. The number of nitrogens with zero attached hydrogens (tertiary/aromatic N) is 6. The van der Waals surface area contributed by atoms with Gasteiger partial charge in [0.2, 0.25) is 5.91 Å². The van der Waals surface area contributed by atoms with Gasteiger partial charge in [0, 0.05) is 87.5 Å². The number of nitrogens with one attached hydrogen (secondary N) is 2. The Morgan fingerprint density at radius 1 is 1.06 bits per heavy atom. The van der Waals surface area contributed by atoms with Gasteiger partial charge in [-0.05, 0) is 68.9 Å². The highest BCUT2D eigenvalue weighted by Gasteiger charge is 2.42. The van der Waals surface area contributed by atoms with E-state index in [9.17, 15) is 19.2 Å². The number of benzene rings is 1. The zero-order chi connectivity index (χ0) is 43.6. The molecule has 4 amide bonds. The number of thiazole rings is 1. The van der Waals surface area contributed by atoms with Crippen molar-refractivity contribution in [3.8, 4) is 22.5 Å². The Hall–Kier alpha value is -3.15. The summed E-state index contributed by atoms with van der Waals surface area (Å²) in [5.74, 6) is -1.80. The molecule has 1 saturated heterocycles. The SMILES string of the molecule is CCn1c(-c2cccnc2[C@H](C)OC)c2c3cc(ccc31)-c1csc(n1)[C@@H](OC)[C@H](NC(=O)[C@H](C(C)C)N(C)C(=O)N(C)C)C(=O)N1CCC[C@H](N1)C(=O)OCC(C)(C)C2.S.S.S.S.S. The molecule has 0 aliphatic carbocycles. The number of ether oxygens (including phenoxy) is 3. The lowest BCUT2D eigenvalue weighted by atomic mass is 9.84. The second kappa shape index (κ2) is 25.3. The molecular weight excluding hydrogens is 945 g/mol. The van der Waals surface area contributed by atoms with Crippen LogP contribution in [0.1, 0.15) is 82.9 Å². The molecule has 2 aliphatic rings. The summed E-state index contributed by atoms with van der Waals surface area (Å²) in [6, 6.07) is 6.99. The number of aromatic nitrogens is 3. The second-order valence-electron chi connectivity index (χ2n) is 17.1. The number of methoxy groups -OCH3 is 2. The highest BCUT2D eigenvalue weighted by molar-refractivity contribution is 7.60.